The van der Waals surface area contributed by atoms with Crippen LogP contribution in [0.2, 0.25) is 0 Å². The monoisotopic (exact) mass is 1020 g/mol. The molecular weight excluding hydrogens is 963 g/mol. The zero-order valence-corrected chi connectivity index (χ0v) is 43.3. The Morgan fingerprint density at radius 1 is 0.579 bits per heavy atom. The third-order valence-electron chi connectivity index (χ3n) is 14.2. The zero-order valence-electron chi connectivity index (χ0n) is 42.5. The molecule has 8 aromatic carbocycles. The first kappa shape index (κ1) is 52.4. The van der Waals surface area contributed by atoms with Gasteiger partial charge in [0.2, 0.25) is 11.8 Å². The van der Waals surface area contributed by atoms with E-state index in [0.717, 1.165) is 55.6 Å². The first-order valence-corrected chi connectivity index (χ1v) is 26.7. The fourth-order valence-corrected chi connectivity index (χ4v) is 12.2. The molecule has 76 heavy (non-hydrogen) atoms. The molecule has 9 nitrogen and oxygen atoms in total. The number of carbonyl (C=O) groups is 4. The normalized spacial score (nSPS) is 12.8. The summed E-state index contributed by atoms with van der Waals surface area (Å²) in [5.41, 5.74) is 8.51. The van der Waals surface area contributed by atoms with Gasteiger partial charge in [0.05, 0.1) is 4.75 Å². The fourth-order valence-electron chi connectivity index (χ4n) is 10.6. The van der Waals surface area contributed by atoms with Crippen molar-refractivity contribution in [3.8, 4) is 11.1 Å². The summed E-state index contributed by atoms with van der Waals surface area (Å²) < 4.78 is 11.0. The molecule has 0 fully saturated rings. The Kier molecular flexibility index (Phi) is 17.0. The molecule has 9 rings (SSSR count). The molecule has 3 amide bonds. The van der Waals surface area contributed by atoms with Crippen molar-refractivity contribution in [2.45, 2.75) is 48.1 Å². The van der Waals surface area contributed by atoms with Crippen molar-refractivity contribution < 1.29 is 28.7 Å². The van der Waals surface area contributed by atoms with Gasteiger partial charge in [0.25, 0.3) is 0 Å². The van der Waals surface area contributed by atoms with Gasteiger partial charge in [-0.3, -0.25) is 9.59 Å². The second-order valence-corrected chi connectivity index (χ2v) is 19.8. The highest BCUT2D eigenvalue weighted by molar-refractivity contribution is 8.00. The van der Waals surface area contributed by atoms with Crippen molar-refractivity contribution in [1.82, 2.24) is 15.5 Å². The molecular formula is C66H61N3O6S. The maximum absolute atomic E-state index is 15.6. The summed E-state index contributed by atoms with van der Waals surface area (Å²) in [6, 6.07) is 73.3. The molecule has 0 saturated carbocycles. The second kappa shape index (κ2) is 24.7. The molecule has 0 aromatic heterocycles. The number of thioether (sulfide) groups is 1. The third-order valence-corrected chi connectivity index (χ3v) is 15.8. The molecule has 0 bridgehead atoms. The smallest absolute Gasteiger partial charge is 0.407 e. The molecule has 0 spiro atoms. The van der Waals surface area contributed by atoms with Crippen LogP contribution in [0.5, 0.6) is 0 Å². The Morgan fingerprint density at radius 2 is 0.987 bits per heavy atom. The molecule has 1 aliphatic rings. The van der Waals surface area contributed by atoms with Gasteiger partial charge < -0.3 is 25.0 Å². The predicted octanol–water partition coefficient (Wildman–Crippen LogP) is 12.5. The van der Waals surface area contributed by atoms with E-state index in [4.69, 9.17) is 9.47 Å². The zero-order chi connectivity index (χ0) is 52.7. The van der Waals surface area contributed by atoms with E-state index in [-0.39, 0.29) is 50.2 Å². The van der Waals surface area contributed by atoms with Crippen LogP contribution in [0.4, 0.5) is 4.79 Å². The van der Waals surface area contributed by atoms with Crippen molar-refractivity contribution in [3.05, 3.63) is 288 Å². The van der Waals surface area contributed by atoms with E-state index < -0.39 is 40.3 Å². The lowest BCUT2D eigenvalue weighted by Crippen LogP contribution is -2.55. The number of benzene rings is 8. The van der Waals surface area contributed by atoms with Crippen LogP contribution in [0.3, 0.4) is 0 Å². The standard InChI is InChI=1S/C66H61N3O6S/c1-3-45-74-63(72)60(47-76-66(51-33-17-8-18-34-51,52-35-19-9-20-36-52)53-37-21-10-22-38-53)69(4-2)62(71)59(67-64(73)75-46-58-56-41-25-23-39-54(56)55-40-24-26-42-57(55)58)43-44-61(70)68-65(48-27-11-5-12-28-48,49-29-13-6-14-30-49)50-31-15-7-16-32-50/h3,5-42,58-60H,1,4,43-47H2,2H3,(H,67,73)(H,68,70)/t59-,60-/m0/s1. The Bertz CT molecular complexity index is 2980. The number of amides is 3. The molecule has 0 heterocycles. The third kappa shape index (κ3) is 11.1. The summed E-state index contributed by atoms with van der Waals surface area (Å²) in [5, 5.41) is 6.30. The van der Waals surface area contributed by atoms with Crippen LogP contribution in [-0.2, 0) is 34.1 Å². The van der Waals surface area contributed by atoms with Gasteiger partial charge in [0.1, 0.15) is 30.8 Å². The number of likely N-dealkylation sites (N-methyl/N-ethyl adjacent to an activating group) is 1. The number of nitrogens with zero attached hydrogens (tertiary/aromatic N) is 1. The fraction of sp³-hybridized carbons (Fsp3) is 0.182. The molecule has 0 saturated heterocycles. The highest BCUT2D eigenvalue weighted by Crippen LogP contribution is 2.49. The SMILES string of the molecule is C=CCOC(=O)[C@H](CSC(c1ccccc1)(c1ccccc1)c1ccccc1)N(CC)C(=O)[C@H](CCC(=O)NC(c1ccccc1)(c1ccccc1)c1ccccc1)NC(=O)OCC1c2ccccc2-c2ccccc21. The minimum Gasteiger partial charge on any atom is -0.460 e. The summed E-state index contributed by atoms with van der Waals surface area (Å²) >= 11 is 1.52. The Hall–Kier alpha value is -8.47. The molecule has 0 radical (unpaired) electrons. The Balaban J connectivity index is 1.06. The van der Waals surface area contributed by atoms with Gasteiger partial charge >= 0.3 is 12.1 Å². The lowest BCUT2D eigenvalue weighted by atomic mass is 9.77. The first-order valence-electron chi connectivity index (χ1n) is 25.8. The molecule has 0 aliphatic heterocycles. The van der Waals surface area contributed by atoms with E-state index >= 15 is 4.79 Å². The quantitative estimate of drug-likeness (QED) is 0.0395. The summed E-state index contributed by atoms with van der Waals surface area (Å²) in [6.07, 6.45) is 0.331. The number of esters is 1. The van der Waals surface area contributed by atoms with E-state index in [1.54, 1.807) is 6.92 Å². The van der Waals surface area contributed by atoms with E-state index in [1.165, 1.54) is 22.7 Å². The van der Waals surface area contributed by atoms with Crippen LogP contribution in [0, 0.1) is 0 Å². The van der Waals surface area contributed by atoms with Crippen molar-refractivity contribution in [2.75, 3.05) is 25.5 Å². The van der Waals surface area contributed by atoms with Gasteiger partial charge in [-0.2, -0.15) is 0 Å². The number of alkyl carbamates (subject to hydrolysis) is 1. The van der Waals surface area contributed by atoms with Gasteiger partial charge in [-0.25, -0.2) is 9.59 Å². The average Bonchev–Trinajstić information content (AvgIpc) is 3.85. The minimum atomic E-state index is -1.32. The van der Waals surface area contributed by atoms with Gasteiger partial charge in [0, 0.05) is 24.6 Å². The number of rotatable bonds is 22. The van der Waals surface area contributed by atoms with E-state index in [2.05, 4.69) is 65.7 Å². The lowest BCUT2D eigenvalue weighted by Gasteiger charge is -2.38. The minimum absolute atomic E-state index is 0.000179. The van der Waals surface area contributed by atoms with Gasteiger partial charge in [-0.05, 0) is 69.0 Å². The van der Waals surface area contributed by atoms with Crippen LogP contribution in [0.1, 0.15) is 70.2 Å². The molecule has 2 atom stereocenters. The maximum atomic E-state index is 15.6. The van der Waals surface area contributed by atoms with Crippen molar-refractivity contribution in [2.24, 2.45) is 0 Å². The summed E-state index contributed by atoms with van der Waals surface area (Å²) in [5.74, 6) is -1.74. The number of fused-ring (bicyclic) bond motifs is 3. The van der Waals surface area contributed by atoms with E-state index in [0.29, 0.717) is 0 Å². The van der Waals surface area contributed by atoms with Crippen molar-refractivity contribution >= 4 is 35.6 Å². The van der Waals surface area contributed by atoms with Crippen LogP contribution in [-0.4, -0.2) is 66.4 Å². The van der Waals surface area contributed by atoms with Crippen LogP contribution >= 0.6 is 11.8 Å². The topological polar surface area (TPSA) is 114 Å². The molecule has 2 N–H and O–H groups in total. The Morgan fingerprint density at radius 3 is 1.41 bits per heavy atom. The number of carbonyl (C=O) groups excluding carboxylic acids is 4. The molecule has 0 unspecified atom stereocenters. The van der Waals surface area contributed by atoms with Crippen molar-refractivity contribution in [3.63, 3.8) is 0 Å². The summed E-state index contributed by atoms with van der Waals surface area (Å²) in [4.78, 5) is 60.9. The number of hydrogen-bond acceptors (Lipinski definition) is 7. The molecule has 8 aromatic rings. The number of ether oxygens (including phenoxy) is 2. The second-order valence-electron chi connectivity index (χ2n) is 18.6. The molecule has 382 valence electrons. The van der Waals surface area contributed by atoms with Crippen LogP contribution in [0.15, 0.2) is 243 Å². The maximum Gasteiger partial charge on any atom is 0.407 e. The summed E-state index contributed by atoms with van der Waals surface area (Å²) in [6.45, 7) is 5.57. The van der Waals surface area contributed by atoms with Gasteiger partial charge in [-0.1, -0.05) is 243 Å². The number of nitrogens with one attached hydrogen (secondary N) is 2. The van der Waals surface area contributed by atoms with Gasteiger partial charge in [0.15, 0.2) is 0 Å². The van der Waals surface area contributed by atoms with Gasteiger partial charge in [-0.15, -0.1) is 11.8 Å². The number of hydrogen-bond donors (Lipinski definition) is 2. The highest BCUT2D eigenvalue weighted by Gasteiger charge is 2.43. The largest absolute Gasteiger partial charge is 0.460 e. The molecule has 1 aliphatic carbocycles. The predicted molar refractivity (Wildman–Crippen MR) is 303 cm³/mol. The Labute approximate surface area is 450 Å². The first-order chi connectivity index (χ1) is 37.3. The highest BCUT2D eigenvalue weighted by atomic mass is 32.2. The van der Waals surface area contributed by atoms with E-state index in [9.17, 15) is 14.4 Å². The van der Waals surface area contributed by atoms with Crippen LogP contribution in [0.25, 0.3) is 11.1 Å². The van der Waals surface area contributed by atoms with E-state index in [1.807, 2.05) is 182 Å². The lowest BCUT2D eigenvalue weighted by molar-refractivity contribution is -0.153. The van der Waals surface area contributed by atoms with Crippen LogP contribution < -0.4 is 10.6 Å². The average molecular weight is 1020 g/mol. The molecule has 10 heteroatoms. The summed E-state index contributed by atoms with van der Waals surface area (Å²) in [7, 11) is 0. The van der Waals surface area contributed by atoms with Crippen molar-refractivity contribution in [1.29, 1.82) is 0 Å².